The number of azide groups is 3. The Bertz CT molecular complexity index is 2110. The molecule has 3 aliphatic heterocycles. The molecule has 0 bridgehead atoms. The first kappa shape index (κ1) is 58.1. The lowest BCUT2D eigenvalue weighted by atomic mass is 9.95. The SMILES string of the molecule is CCCO[C@H]1OC(COP(=O)(O)O[C@H]2OC(COP(=O)(O)O[C@H]3OC(CC)[C@@H](OC(C)=O)[C@H](OC(C)=O)C3N=[N+]=[N-])[C@@H](OC(C)=O)[C@H](OC(C)=O)C2N=[N+]=[N-])[C@@H](OC(C)=O)[C@H](OC(C)=O)C1N=[N+]=[N-]. The first-order valence-electron chi connectivity index (χ1n) is 20.5. The normalized spacial score (nSPS) is 32.6. The van der Waals surface area contributed by atoms with E-state index in [0.717, 1.165) is 41.5 Å². The Hall–Kier alpha value is -5.19. The standard InChI is InChI=1S/C34H51N9O24P2/c1-9-11-54-32-23(38-41-35)29(60-17(6)47)27(58-15(4)45)21(64-32)12-55-69(52,53)67-34-25(40-43-37)31(62-19(8)49)28(59-16(5)46)22(65-34)13-56-68(50,51)66-33-24(39-42-36)30(61-18(7)48)26(57-14(3)44)20(10-2)63-33/h20-34H,9-13H2,1-8H3,(H,50,51)(H,52,53)/t20?,21?,22?,23?,24?,25?,26-,27-,28-,29-,30-,31-,32+,33-,34-/m1/s1. The van der Waals surface area contributed by atoms with E-state index in [1.165, 1.54) is 6.92 Å². The summed E-state index contributed by atoms with van der Waals surface area (Å²) in [6.07, 6.45) is -20.7. The van der Waals surface area contributed by atoms with E-state index in [0.29, 0.717) is 6.42 Å². The smallest absolute Gasteiger partial charge is 0.458 e. The van der Waals surface area contributed by atoms with Crippen LogP contribution in [0.3, 0.4) is 0 Å². The number of carbonyl (C=O) groups excluding carboxylic acids is 6. The quantitative estimate of drug-likeness (QED) is 0.0371. The minimum Gasteiger partial charge on any atom is -0.458 e. The van der Waals surface area contributed by atoms with Gasteiger partial charge in [-0.05, 0) is 29.4 Å². The van der Waals surface area contributed by atoms with E-state index in [9.17, 15) is 64.3 Å². The van der Waals surface area contributed by atoms with Crippen molar-refractivity contribution in [2.45, 2.75) is 160 Å². The Kier molecular flexibility index (Phi) is 22.5. The number of phosphoric acid groups is 2. The number of nitrogens with zero attached hydrogens (tertiary/aromatic N) is 9. The van der Waals surface area contributed by atoms with Gasteiger partial charge in [0.2, 0.25) is 0 Å². The minimum absolute atomic E-state index is 0.000142. The van der Waals surface area contributed by atoms with Crippen LogP contribution in [0, 0.1) is 0 Å². The third-order valence-electron chi connectivity index (χ3n) is 9.38. The van der Waals surface area contributed by atoms with Crippen molar-refractivity contribution in [3.8, 4) is 0 Å². The van der Waals surface area contributed by atoms with Crippen molar-refractivity contribution in [2.75, 3.05) is 19.8 Å². The van der Waals surface area contributed by atoms with Crippen LogP contribution in [-0.2, 0) is 103 Å². The van der Waals surface area contributed by atoms with Gasteiger partial charge in [-0.15, -0.1) is 0 Å². The van der Waals surface area contributed by atoms with Gasteiger partial charge >= 0.3 is 51.5 Å². The number of rotatable bonds is 23. The van der Waals surface area contributed by atoms with Crippen molar-refractivity contribution >= 4 is 51.5 Å². The maximum atomic E-state index is 13.7. The molecular weight excluding hydrogens is 980 g/mol. The zero-order chi connectivity index (χ0) is 51.8. The molecule has 3 aliphatic rings. The van der Waals surface area contributed by atoms with E-state index in [2.05, 4.69) is 30.1 Å². The molecule has 0 amide bonds. The predicted molar refractivity (Wildman–Crippen MR) is 218 cm³/mol. The van der Waals surface area contributed by atoms with Crippen LogP contribution >= 0.6 is 15.6 Å². The van der Waals surface area contributed by atoms with Gasteiger partial charge in [-0.2, -0.15) is 0 Å². The average molecular weight is 1030 g/mol. The Morgan fingerprint density at radius 2 is 0.797 bits per heavy atom. The fourth-order valence-corrected chi connectivity index (χ4v) is 8.67. The van der Waals surface area contributed by atoms with Crippen LogP contribution in [-0.4, -0.2) is 157 Å². The molecule has 0 aromatic rings. The van der Waals surface area contributed by atoms with Gasteiger partial charge in [0.25, 0.3) is 0 Å². The van der Waals surface area contributed by atoms with Crippen LogP contribution in [0.1, 0.15) is 68.2 Å². The van der Waals surface area contributed by atoms with Gasteiger partial charge < -0.3 is 57.2 Å². The summed E-state index contributed by atoms with van der Waals surface area (Å²) in [5, 5.41) is 10.5. The summed E-state index contributed by atoms with van der Waals surface area (Å²) in [6, 6.07) is -5.33. The molecule has 8 unspecified atom stereocenters. The molecule has 3 rings (SSSR count). The van der Waals surface area contributed by atoms with Gasteiger partial charge in [0.1, 0.15) is 36.4 Å². The van der Waals surface area contributed by atoms with E-state index < -0.39 is 157 Å². The lowest BCUT2D eigenvalue weighted by molar-refractivity contribution is -0.273. The van der Waals surface area contributed by atoms with E-state index in [1.54, 1.807) is 6.92 Å². The van der Waals surface area contributed by atoms with Gasteiger partial charge in [0.15, 0.2) is 55.5 Å². The number of ether oxygens (including phenoxy) is 10. The summed E-state index contributed by atoms with van der Waals surface area (Å²) in [7, 11) is -11.2. The molecule has 69 heavy (non-hydrogen) atoms. The maximum Gasteiger partial charge on any atom is 0.474 e. The third kappa shape index (κ3) is 17.3. The van der Waals surface area contributed by atoms with E-state index >= 15 is 0 Å². The second-order valence-corrected chi connectivity index (χ2v) is 17.5. The number of esters is 6. The Labute approximate surface area is 390 Å². The predicted octanol–water partition coefficient (Wildman–Crippen LogP) is 2.89. The van der Waals surface area contributed by atoms with E-state index in [-0.39, 0.29) is 13.0 Å². The molecule has 0 aromatic carbocycles. The van der Waals surface area contributed by atoms with Crippen molar-refractivity contribution in [3.63, 3.8) is 0 Å². The highest BCUT2D eigenvalue weighted by Gasteiger charge is 2.56. The highest BCUT2D eigenvalue weighted by Crippen LogP contribution is 2.50. The van der Waals surface area contributed by atoms with Gasteiger partial charge in [0.05, 0.1) is 13.2 Å². The van der Waals surface area contributed by atoms with Crippen LogP contribution in [0.25, 0.3) is 31.3 Å². The molecule has 0 aromatic heterocycles. The summed E-state index contributed by atoms with van der Waals surface area (Å²) in [5.74, 6) is -5.97. The average Bonchev–Trinajstić information content (AvgIpc) is 3.23. The van der Waals surface area contributed by atoms with Crippen molar-refractivity contribution in [1.29, 1.82) is 0 Å². The maximum absolute atomic E-state index is 13.7. The topological polar surface area (TPSA) is 453 Å². The molecule has 3 saturated heterocycles. The Morgan fingerprint density at radius 3 is 1.10 bits per heavy atom. The monoisotopic (exact) mass is 1030 g/mol. The molecule has 2 N–H and O–H groups in total. The van der Waals surface area contributed by atoms with Gasteiger partial charge in [-0.25, -0.2) is 9.13 Å². The van der Waals surface area contributed by atoms with Crippen LogP contribution < -0.4 is 0 Å². The molecule has 386 valence electrons. The summed E-state index contributed by atoms with van der Waals surface area (Å²) < 4.78 is 103. The number of hydrogen-bond acceptors (Lipinski definition) is 25. The van der Waals surface area contributed by atoms with Crippen LogP contribution in [0.15, 0.2) is 15.3 Å². The molecule has 0 saturated carbocycles. The largest absolute Gasteiger partial charge is 0.474 e. The van der Waals surface area contributed by atoms with Crippen molar-refractivity contribution in [1.82, 2.24) is 0 Å². The molecule has 33 nitrogen and oxygen atoms in total. The van der Waals surface area contributed by atoms with Crippen LogP contribution in [0.4, 0.5) is 0 Å². The molecule has 0 radical (unpaired) electrons. The fraction of sp³-hybridized carbons (Fsp3) is 0.824. The lowest BCUT2D eigenvalue weighted by Gasteiger charge is -2.44. The Balaban J connectivity index is 2.00. The summed E-state index contributed by atoms with van der Waals surface area (Å²) in [4.78, 5) is 103. The van der Waals surface area contributed by atoms with Gasteiger partial charge in [-0.3, -0.25) is 46.9 Å². The van der Waals surface area contributed by atoms with Crippen molar-refractivity contribution in [3.05, 3.63) is 31.3 Å². The highest BCUT2D eigenvalue weighted by atomic mass is 31.2. The lowest BCUT2D eigenvalue weighted by Crippen LogP contribution is -2.61. The fourth-order valence-electron chi connectivity index (χ4n) is 7.00. The summed E-state index contributed by atoms with van der Waals surface area (Å²) >= 11 is 0. The zero-order valence-electron chi connectivity index (χ0n) is 38.0. The van der Waals surface area contributed by atoms with Gasteiger partial charge in [-0.1, -0.05) is 29.2 Å². The molecule has 0 spiro atoms. The summed E-state index contributed by atoms with van der Waals surface area (Å²) in [6.45, 7) is 6.60. The number of phosphoric ester groups is 2. The van der Waals surface area contributed by atoms with Gasteiger partial charge in [0, 0.05) is 62.9 Å². The number of carbonyl (C=O) groups is 6. The highest BCUT2D eigenvalue weighted by molar-refractivity contribution is 7.47. The molecule has 3 fully saturated rings. The third-order valence-corrected chi connectivity index (χ3v) is 11.3. The molecule has 3 heterocycles. The van der Waals surface area contributed by atoms with E-state index in [4.69, 9.17) is 65.5 Å². The minimum atomic E-state index is -5.63. The molecule has 35 heteroatoms. The summed E-state index contributed by atoms with van der Waals surface area (Å²) in [5.41, 5.74) is 28.1. The Morgan fingerprint density at radius 1 is 0.507 bits per heavy atom. The second kappa shape index (κ2) is 26.7. The first-order chi connectivity index (χ1) is 32.4. The van der Waals surface area contributed by atoms with Crippen LogP contribution in [0.5, 0.6) is 0 Å². The number of hydrogen-bond donors (Lipinski definition) is 2. The molecular formula is C34H51N9O24P2. The van der Waals surface area contributed by atoms with Crippen molar-refractivity contribution < 1.29 is 113 Å². The molecule has 0 aliphatic carbocycles. The second-order valence-electron chi connectivity index (χ2n) is 14.7. The molecule has 17 atom stereocenters. The van der Waals surface area contributed by atoms with E-state index in [1.807, 2.05) is 0 Å². The first-order valence-corrected chi connectivity index (χ1v) is 23.5. The zero-order valence-corrected chi connectivity index (χ0v) is 39.8. The van der Waals surface area contributed by atoms with Crippen molar-refractivity contribution in [2.24, 2.45) is 15.3 Å². The van der Waals surface area contributed by atoms with Crippen LogP contribution in [0.2, 0.25) is 0 Å².